The standard InChI is InChI=1S/C15H23N5O3/c1-3-14(21)17-13-6-5-12(18-19-13)16-11-7-9-20(10-8-11)15(22)23-4-2/h5-6,11H,3-4,7-10H2,1-2H3,(H,16,18)(H,17,19,21). The molecule has 0 unspecified atom stereocenters. The molecule has 0 atom stereocenters. The van der Waals surface area contributed by atoms with Gasteiger partial charge in [-0.25, -0.2) is 4.79 Å². The first-order valence-corrected chi connectivity index (χ1v) is 7.94. The summed E-state index contributed by atoms with van der Waals surface area (Å²) < 4.78 is 5.00. The van der Waals surface area contributed by atoms with Crippen LogP contribution < -0.4 is 10.6 Å². The summed E-state index contributed by atoms with van der Waals surface area (Å²) in [5, 5.41) is 14.0. The van der Waals surface area contributed by atoms with E-state index in [9.17, 15) is 9.59 Å². The van der Waals surface area contributed by atoms with Crippen molar-refractivity contribution in [3.63, 3.8) is 0 Å². The number of carbonyl (C=O) groups is 2. The van der Waals surface area contributed by atoms with E-state index in [1.54, 1.807) is 30.9 Å². The first-order valence-electron chi connectivity index (χ1n) is 7.94. The van der Waals surface area contributed by atoms with Gasteiger partial charge in [-0.2, -0.15) is 0 Å². The van der Waals surface area contributed by atoms with Crippen molar-refractivity contribution >= 4 is 23.6 Å². The highest BCUT2D eigenvalue weighted by molar-refractivity contribution is 5.89. The number of hydrogen-bond donors (Lipinski definition) is 2. The highest BCUT2D eigenvalue weighted by atomic mass is 16.6. The van der Waals surface area contributed by atoms with Crippen molar-refractivity contribution in [2.45, 2.75) is 39.2 Å². The molecule has 2 amide bonds. The van der Waals surface area contributed by atoms with Crippen molar-refractivity contribution in [3.8, 4) is 0 Å². The lowest BCUT2D eigenvalue weighted by Gasteiger charge is -2.31. The molecule has 2 rings (SSSR count). The predicted molar refractivity (Wildman–Crippen MR) is 86.2 cm³/mol. The van der Waals surface area contributed by atoms with E-state index in [0.29, 0.717) is 37.8 Å². The Morgan fingerprint density at radius 1 is 1.22 bits per heavy atom. The normalized spacial score (nSPS) is 15.1. The summed E-state index contributed by atoms with van der Waals surface area (Å²) in [4.78, 5) is 24.6. The van der Waals surface area contributed by atoms with Crippen molar-refractivity contribution in [2.75, 3.05) is 30.3 Å². The van der Waals surface area contributed by atoms with Gasteiger partial charge in [0, 0.05) is 25.6 Å². The third kappa shape index (κ3) is 5.08. The van der Waals surface area contributed by atoms with E-state index < -0.39 is 0 Å². The maximum atomic E-state index is 11.6. The second-order valence-electron chi connectivity index (χ2n) is 5.31. The fourth-order valence-corrected chi connectivity index (χ4v) is 2.34. The van der Waals surface area contributed by atoms with Crippen LogP contribution in [0.5, 0.6) is 0 Å². The Kier molecular flexibility index (Phi) is 6.13. The fourth-order valence-electron chi connectivity index (χ4n) is 2.34. The molecule has 0 radical (unpaired) electrons. The Morgan fingerprint density at radius 2 is 1.87 bits per heavy atom. The first kappa shape index (κ1) is 17.0. The Labute approximate surface area is 135 Å². The van der Waals surface area contributed by atoms with Crippen molar-refractivity contribution in [1.82, 2.24) is 15.1 Å². The molecule has 8 heteroatoms. The van der Waals surface area contributed by atoms with Crippen LogP contribution >= 0.6 is 0 Å². The summed E-state index contributed by atoms with van der Waals surface area (Å²) >= 11 is 0. The van der Waals surface area contributed by atoms with E-state index in [1.165, 1.54) is 0 Å². The zero-order chi connectivity index (χ0) is 16.7. The molecule has 23 heavy (non-hydrogen) atoms. The molecule has 0 saturated carbocycles. The van der Waals surface area contributed by atoms with Crippen LogP contribution in [0.15, 0.2) is 12.1 Å². The largest absolute Gasteiger partial charge is 0.450 e. The smallest absolute Gasteiger partial charge is 0.409 e. The molecule has 0 spiro atoms. The number of amides is 2. The lowest BCUT2D eigenvalue weighted by Crippen LogP contribution is -2.42. The predicted octanol–water partition coefficient (Wildman–Crippen LogP) is 1.86. The van der Waals surface area contributed by atoms with E-state index >= 15 is 0 Å². The third-order valence-corrected chi connectivity index (χ3v) is 3.63. The Balaban J connectivity index is 1.80. The van der Waals surface area contributed by atoms with Crippen LogP contribution in [0.2, 0.25) is 0 Å². The molecule has 1 aliphatic rings. The zero-order valence-corrected chi connectivity index (χ0v) is 13.5. The minimum Gasteiger partial charge on any atom is -0.450 e. The molecular formula is C15H23N5O3. The molecule has 0 aliphatic carbocycles. The number of ether oxygens (including phenoxy) is 1. The van der Waals surface area contributed by atoms with Crippen LogP contribution in [0.1, 0.15) is 33.1 Å². The lowest BCUT2D eigenvalue weighted by atomic mass is 10.1. The zero-order valence-electron chi connectivity index (χ0n) is 13.5. The van der Waals surface area contributed by atoms with Crippen molar-refractivity contribution in [3.05, 3.63) is 12.1 Å². The number of hydrogen-bond acceptors (Lipinski definition) is 6. The summed E-state index contributed by atoms with van der Waals surface area (Å²) in [7, 11) is 0. The second kappa shape index (κ2) is 8.30. The molecular weight excluding hydrogens is 298 g/mol. The van der Waals surface area contributed by atoms with Gasteiger partial charge in [-0.3, -0.25) is 4.79 Å². The monoisotopic (exact) mass is 321 g/mol. The van der Waals surface area contributed by atoms with Crippen LogP contribution in [-0.4, -0.2) is 52.8 Å². The topological polar surface area (TPSA) is 96.5 Å². The Morgan fingerprint density at radius 3 is 2.43 bits per heavy atom. The number of nitrogens with one attached hydrogen (secondary N) is 2. The van der Waals surface area contributed by atoms with Gasteiger partial charge in [0.2, 0.25) is 5.91 Å². The van der Waals surface area contributed by atoms with Gasteiger partial charge in [0.1, 0.15) is 5.82 Å². The van der Waals surface area contributed by atoms with Gasteiger partial charge in [-0.05, 0) is 31.9 Å². The average Bonchev–Trinajstić information content (AvgIpc) is 2.57. The number of likely N-dealkylation sites (tertiary alicyclic amines) is 1. The Bertz CT molecular complexity index is 526. The number of nitrogens with zero attached hydrogens (tertiary/aromatic N) is 3. The van der Waals surface area contributed by atoms with Crippen molar-refractivity contribution in [1.29, 1.82) is 0 Å². The molecule has 126 valence electrons. The van der Waals surface area contributed by atoms with Gasteiger partial charge in [-0.1, -0.05) is 6.92 Å². The van der Waals surface area contributed by atoms with Crippen LogP contribution in [0, 0.1) is 0 Å². The summed E-state index contributed by atoms with van der Waals surface area (Å²) in [6.07, 6.45) is 1.81. The van der Waals surface area contributed by atoms with E-state index in [-0.39, 0.29) is 18.0 Å². The summed E-state index contributed by atoms with van der Waals surface area (Å²) in [5.74, 6) is 1.01. The molecule has 1 saturated heterocycles. The highest BCUT2D eigenvalue weighted by Gasteiger charge is 2.23. The number of carbonyl (C=O) groups excluding carboxylic acids is 2. The quantitative estimate of drug-likeness (QED) is 0.859. The second-order valence-corrected chi connectivity index (χ2v) is 5.31. The maximum Gasteiger partial charge on any atom is 0.409 e. The number of piperidine rings is 1. The highest BCUT2D eigenvalue weighted by Crippen LogP contribution is 2.16. The van der Waals surface area contributed by atoms with Crippen LogP contribution in [0.25, 0.3) is 0 Å². The van der Waals surface area contributed by atoms with Crippen LogP contribution in [-0.2, 0) is 9.53 Å². The molecule has 2 heterocycles. The minimum atomic E-state index is -0.248. The molecule has 1 aromatic rings. The molecule has 0 aromatic carbocycles. The van der Waals surface area contributed by atoms with Gasteiger partial charge in [-0.15, -0.1) is 10.2 Å². The minimum absolute atomic E-state index is 0.0913. The fraction of sp³-hybridized carbons (Fsp3) is 0.600. The maximum absolute atomic E-state index is 11.6. The van der Waals surface area contributed by atoms with Gasteiger partial charge >= 0.3 is 6.09 Å². The van der Waals surface area contributed by atoms with Crippen LogP contribution in [0.4, 0.5) is 16.4 Å². The lowest BCUT2D eigenvalue weighted by molar-refractivity contribution is -0.115. The molecule has 1 fully saturated rings. The van der Waals surface area contributed by atoms with Crippen LogP contribution in [0.3, 0.4) is 0 Å². The summed E-state index contributed by atoms with van der Waals surface area (Å²) in [6, 6.07) is 3.75. The summed E-state index contributed by atoms with van der Waals surface area (Å²) in [6.45, 7) is 5.30. The molecule has 0 bridgehead atoms. The average molecular weight is 321 g/mol. The number of aromatic nitrogens is 2. The first-order chi connectivity index (χ1) is 11.1. The van der Waals surface area contributed by atoms with Gasteiger partial charge < -0.3 is 20.3 Å². The molecule has 2 N–H and O–H groups in total. The van der Waals surface area contributed by atoms with Crippen molar-refractivity contribution < 1.29 is 14.3 Å². The summed E-state index contributed by atoms with van der Waals surface area (Å²) in [5.41, 5.74) is 0. The number of rotatable bonds is 5. The molecule has 1 aliphatic heterocycles. The number of anilines is 2. The van der Waals surface area contributed by atoms with E-state index in [2.05, 4.69) is 20.8 Å². The molecule has 8 nitrogen and oxygen atoms in total. The van der Waals surface area contributed by atoms with E-state index in [0.717, 1.165) is 12.8 Å². The van der Waals surface area contributed by atoms with Gasteiger partial charge in [0.05, 0.1) is 6.61 Å². The van der Waals surface area contributed by atoms with E-state index in [1.807, 2.05) is 0 Å². The third-order valence-electron chi connectivity index (χ3n) is 3.63. The molecule has 1 aromatic heterocycles. The van der Waals surface area contributed by atoms with E-state index in [4.69, 9.17) is 4.74 Å². The Hall–Kier alpha value is -2.38. The SMILES string of the molecule is CCOC(=O)N1CCC(Nc2ccc(NC(=O)CC)nn2)CC1. The van der Waals surface area contributed by atoms with Gasteiger partial charge in [0.15, 0.2) is 5.82 Å². The van der Waals surface area contributed by atoms with Crippen molar-refractivity contribution in [2.24, 2.45) is 0 Å². The van der Waals surface area contributed by atoms with Gasteiger partial charge in [0.25, 0.3) is 0 Å².